The first kappa shape index (κ1) is 14.8. The van der Waals surface area contributed by atoms with Crippen LogP contribution in [-0.2, 0) is 4.79 Å². The normalized spacial score (nSPS) is 27.2. The van der Waals surface area contributed by atoms with Gasteiger partial charge in [0.2, 0.25) is 5.91 Å². The second-order valence-electron chi connectivity index (χ2n) is 5.12. The van der Waals surface area contributed by atoms with E-state index in [1.807, 2.05) is 6.26 Å². The first-order valence-corrected chi connectivity index (χ1v) is 8.09. The number of nitrogens with two attached hydrogens (primary N) is 1. The zero-order chi connectivity index (χ0) is 12.7. The Morgan fingerprint density at radius 3 is 2.82 bits per heavy atom. The summed E-state index contributed by atoms with van der Waals surface area (Å²) in [6.07, 6.45) is 8.98. The Morgan fingerprint density at radius 1 is 1.41 bits per heavy atom. The zero-order valence-electron chi connectivity index (χ0n) is 11.1. The molecule has 0 spiro atoms. The average Bonchev–Trinajstić information content (AvgIpc) is 2.52. The Morgan fingerprint density at radius 2 is 2.12 bits per heavy atom. The largest absolute Gasteiger partial charge is 0.352 e. The van der Waals surface area contributed by atoms with E-state index in [-0.39, 0.29) is 11.9 Å². The van der Waals surface area contributed by atoms with Gasteiger partial charge in [0.05, 0.1) is 6.04 Å². The third-order valence-electron chi connectivity index (χ3n) is 3.66. The molecular weight excluding hydrogens is 232 g/mol. The van der Waals surface area contributed by atoms with Gasteiger partial charge in [-0.05, 0) is 37.2 Å². The average molecular weight is 258 g/mol. The second kappa shape index (κ2) is 7.98. The fourth-order valence-electron chi connectivity index (χ4n) is 2.37. The summed E-state index contributed by atoms with van der Waals surface area (Å²) in [4.78, 5) is 11.9. The lowest BCUT2D eigenvalue weighted by atomic mass is 9.96. The summed E-state index contributed by atoms with van der Waals surface area (Å²) >= 11 is 1.74. The smallest absolute Gasteiger partial charge is 0.237 e. The molecule has 0 saturated heterocycles. The maximum absolute atomic E-state index is 11.9. The summed E-state index contributed by atoms with van der Waals surface area (Å²) in [5, 5.41) is 3.14. The number of carbonyl (C=O) groups excluding carboxylic acids is 1. The molecule has 0 aromatic heterocycles. The number of hydrogen-bond donors (Lipinski definition) is 2. The van der Waals surface area contributed by atoms with Crippen LogP contribution in [0.4, 0.5) is 0 Å². The molecular formula is C13H26N2OS. The maximum atomic E-state index is 11.9. The minimum atomic E-state index is -0.335. The van der Waals surface area contributed by atoms with E-state index < -0.39 is 0 Å². The van der Waals surface area contributed by atoms with Crippen LogP contribution < -0.4 is 11.1 Å². The molecule has 0 radical (unpaired) electrons. The molecule has 0 aromatic rings. The van der Waals surface area contributed by atoms with Crippen molar-refractivity contribution < 1.29 is 4.79 Å². The van der Waals surface area contributed by atoms with Crippen LogP contribution in [-0.4, -0.2) is 30.0 Å². The van der Waals surface area contributed by atoms with Gasteiger partial charge in [0.15, 0.2) is 0 Å². The minimum absolute atomic E-state index is 0.0396. The Balaban J connectivity index is 2.37. The second-order valence-corrected chi connectivity index (χ2v) is 6.10. The van der Waals surface area contributed by atoms with Crippen LogP contribution in [0, 0.1) is 5.92 Å². The molecule has 4 heteroatoms. The first-order chi connectivity index (χ1) is 8.15. The van der Waals surface area contributed by atoms with Crippen molar-refractivity contribution in [2.24, 2.45) is 11.7 Å². The lowest BCUT2D eigenvalue weighted by molar-refractivity contribution is -0.123. The molecule has 1 saturated carbocycles. The van der Waals surface area contributed by atoms with E-state index in [4.69, 9.17) is 5.73 Å². The Kier molecular flexibility index (Phi) is 6.97. The van der Waals surface area contributed by atoms with Crippen molar-refractivity contribution in [1.82, 2.24) is 5.32 Å². The molecule has 1 fully saturated rings. The van der Waals surface area contributed by atoms with Gasteiger partial charge in [0, 0.05) is 6.04 Å². The molecule has 3 nitrogen and oxygen atoms in total. The van der Waals surface area contributed by atoms with E-state index in [0.717, 1.165) is 18.6 Å². The molecule has 17 heavy (non-hydrogen) atoms. The van der Waals surface area contributed by atoms with Crippen molar-refractivity contribution in [2.45, 2.75) is 57.5 Å². The molecule has 3 atom stereocenters. The van der Waals surface area contributed by atoms with Crippen molar-refractivity contribution in [2.75, 3.05) is 12.0 Å². The number of carbonyl (C=O) groups is 1. The van der Waals surface area contributed by atoms with E-state index in [1.165, 1.54) is 25.7 Å². The van der Waals surface area contributed by atoms with Gasteiger partial charge in [-0.25, -0.2) is 0 Å². The summed E-state index contributed by atoms with van der Waals surface area (Å²) in [6.45, 7) is 2.24. The SMILES string of the molecule is CSCC[C@@H](N)C(=O)NC1CCCCCC1C. The maximum Gasteiger partial charge on any atom is 0.237 e. The summed E-state index contributed by atoms with van der Waals surface area (Å²) < 4.78 is 0. The van der Waals surface area contributed by atoms with Gasteiger partial charge < -0.3 is 11.1 Å². The molecule has 0 aliphatic heterocycles. The summed E-state index contributed by atoms with van der Waals surface area (Å²) in [7, 11) is 0. The van der Waals surface area contributed by atoms with Gasteiger partial charge in [0.25, 0.3) is 0 Å². The van der Waals surface area contributed by atoms with Crippen molar-refractivity contribution in [3.05, 3.63) is 0 Å². The monoisotopic (exact) mass is 258 g/mol. The summed E-state index contributed by atoms with van der Waals surface area (Å²) in [5.41, 5.74) is 5.88. The fraction of sp³-hybridized carbons (Fsp3) is 0.923. The molecule has 1 aliphatic rings. The lowest BCUT2D eigenvalue weighted by Crippen LogP contribution is -2.47. The third-order valence-corrected chi connectivity index (χ3v) is 4.30. The van der Waals surface area contributed by atoms with Crippen molar-refractivity contribution >= 4 is 17.7 Å². The van der Waals surface area contributed by atoms with E-state index in [9.17, 15) is 4.79 Å². The predicted molar refractivity (Wildman–Crippen MR) is 75.2 cm³/mol. The van der Waals surface area contributed by atoms with E-state index >= 15 is 0 Å². The topological polar surface area (TPSA) is 55.1 Å². The highest BCUT2D eigenvalue weighted by molar-refractivity contribution is 7.98. The lowest BCUT2D eigenvalue weighted by Gasteiger charge is -2.24. The highest BCUT2D eigenvalue weighted by Crippen LogP contribution is 2.22. The minimum Gasteiger partial charge on any atom is -0.352 e. The van der Waals surface area contributed by atoms with E-state index in [0.29, 0.717) is 12.0 Å². The number of rotatable bonds is 5. The Bertz CT molecular complexity index is 235. The van der Waals surface area contributed by atoms with Crippen LogP contribution in [0.15, 0.2) is 0 Å². The number of nitrogens with one attached hydrogen (secondary N) is 1. The molecule has 0 aromatic carbocycles. The van der Waals surface area contributed by atoms with Gasteiger partial charge in [-0.1, -0.05) is 26.2 Å². The summed E-state index contributed by atoms with van der Waals surface area (Å²) in [6, 6.07) is 0.00299. The molecule has 2 unspecified atom stereocenters. The fourth-order valence-corrected chi connectivity index (χ4v) is 2.86. The van der Waals surface area contributed by atoms with Crippen LogP contribution in [0.1, 0.15) is 45.4 Å². The van der Waals surface area contributed by atoms with Gasteiger partial charge >= 0.3 is 0 Å². The standard InChI is InChI=1S/C13H26N2OS/c1-10-6-4-3-5-7-12(10)15-13(16)11(14)8-9-17-2/h10-12H,3-9,14H2,1-2H3,(H,15,16)/t10?,11-,12?/m1/s1. The Labute approximate surface area is 109 Å². The molecule has 0 bridgehead atoms. The zero-order valence-corrected chi connectivity index (χ0v) is 11.9. The van der Waals surface area contributed by atoms with E-state index in [2.05, 4.69) is 12.2 Å². The highest BCUT2D eigenvalue weighted by atomic mass is 32.2. The first-order valence-electron chi connectivity index (χ1n) is 6.70. The van der Waals surface area contributed by atoms with Crippen LogP contribution in [0.2, 0.25) is 0 Å². The van der Waals surface area contributed by atoms with Crippen molar-refractivity contribution in [3.8, 4) is 0 Å². The van der Waals surface area contributed by atoms with Gasteiger partial charge in [-0.2, -0.15) is 11.8 Å². The Hall–Kier alpha value is -0.220. The number of hydrogen-bond acceptors (Lipinski definition) is 3. The van der Waals surface area contributed by atoms with E-state index in [1.54, 1.807) is 11.8 Å². The van der Waals surface area contributed by atoms with Gasteiger partial charge in [-0.3, -0.25) is 4.79 Å². The third kappa shape index (κ3) is 5.30. The molecule has 3 N–H and O–H groups in total. The molecule has 1 aliphatic carbocycles. The van der Waals surface area contributed by atoms with Crippen molar-refractivity contribution in [1.29, 1.82) is 0 Å². The van der Waals surface area contributed by atoms with Crippen molar-refractivity contribution in [3.63, 3.8) is 0 Å². The highest BCUT2D eigenvalue weighted by Gasteiger charge is 2.23. The summed E-state index contributed by atoms with van der Waals surface area (Å²) in [5.74, 6) is 1.58. The quantitative estimate of drug-likeness (QED) is 0.743. The van der Waals surface area contributed by atoms with Gasteiger partial charge in [0.1, 0.15) is 0 Å². The van der Waals surface area contributed by atoms with Crippen LogP contribution in [0.25, 0.3) is 0 Å². The molecule has 0 heterocycles. The van der Waals surface area contributed by atoms with Crippen LogP contribution in [0.3, 0.4) is 0 Å². The van der Waals surface area contributed by atoms with Gasteiger partial charge in [-0.15, -0.1) is 0 Å². The molecule has 1 rings (SSSR count). The molecule has 1 amide bonds. The predicted octanol–water partition coefficient (Wildman–Crippen LogP) is 2.15. The van der Waals surface area contributed by atoms with Crippen LogP contribution in [0.5, 0.6) is 0 Å². The molecule has 100 valence electrons. The number of amides is 1. The number of thioether (sulfide) groups is 1. The van der Waals surface area contributed by atoms with Crippen LogP contribution >= 0.6 is 11.8 Å².